The molecule has 1 atom stereocenters. The summed E-state index contributed by atoms with van der Waals surface area (Å²) < 4.78 is 4.98. The van der Waals surface area contributed by atoms with Crippen LogP contribution in [0.15, 0.2) is 4.42 Å². The molecule has 1 N–H and O–H groups in total. The summed E-state index contributed by atoms with van der Waals surface area (Å²) in [7, 11) is 0. The third-order valence-electron chi connectivity index (χ3n) is 2.44. The van der Waals surface area contributed by atoms with Crippen LogP contribution in [-0.4, -0.2) is 21.3 Å². The van der Waals surface area contributed by atoms with E-state index in [1.807, 2.05) is 0 Å². The zero-order chi connectivity index (χ0) is 9.64. The quantitative estimate of drug-likeness (QED) is 0.745. The summed E-state index contributed by atoms with van der Waals surface area (Å²) in [6, 6.07) is 0. The van der Waals surface area contributed by atoms with Crippen LogP contribution in [0, 0.1) is 5.41 Å². The molecule has 1 aliphatic carbocycles. The van der Waals surface area contributed by atoms with Crippen LogP contribution in [0.25, 0.3) is 0 Å². The Bertz CT molecular complexity index is 356. The summed E-state index contributed by atoms with van der Waals surface area (Å²) in [6.45, 7) is 4.17. The van der Waals surface area contributed by atoms with Crippen molar-refractivity contribution in [3.8, 4) is 0 Å². The number of carboxylic acid groups (broad SMARTS) is 1. The van der Waals surface area contributed by atoms with Crippen molar-refractivity contribution >= 4 is 5.97 Å². The van der Waals surface area contributed by atoms with Crippen molar-refractivity contribution in [3.63, 3.8) is 0 Å². The van der Waals surface area contributed by atoms with Gasteiger partial charge in [-0.05, 0) is 11.8 Å². The summed E-state index contributed by atoms with van der Waals surface area (Å²) >= 11 is 0. The van der Waals surface area contributed by atoms with Crippen LogP contribution in [0.4, 0.5) is 0 Å². The van der Waals surface area contributed by atoms with E-state index in [0.29, 0.717) is 5.89 Å². The number of carboxylic acids is 1. The molecule has 0 bridgehead atoms. The fourth-order valence-electron chi connectivity index (χ4n) is 1.35. The molecule has 1 aromatic heterocycles. The SMILES string of the molecule is CC1(C)CC1c1nnc(C(=O)O)o1. The van der Waals surface area contributed by atoms with Gasteiger partial charge in [0.1, 0.15) is 0 Å². The molecule has 0 saturated heterocycles. The third-order valence-corrected chi connectivity index (χ3v) is 2.44. The molecular weight excluding hydrogens is 172 g/mol. The first kappa shape index (κ1) is 8.22. The van der Waals surface area contributed by atoms with Gasteiger partial charge in [-0.2, -0.15) is 0 Å². The van der Waals surface area contributed by atoms with Gasteiger partial charge in [0.2, 0.25) is 5.89 Å². The molecule has 5 heteroatoms. The van der Waals surface area contributed by atoms with Crippen molar-refractivity contribution in [2.45, 2.75) is 26.2 Å². The Morgan fingerprint density at radius 2 is 2.23 bits per heavy atom. The fourth-order valence-corrected chi connectivity index (χ4v) is 1.35. The van der Waals surface area contributed by atoms with Gasteiger partial charge >= 0.3 is 11.9 Å². The highest BCUT2D eigenvalue weighted by molar-refractivity contribution is 5.81. The van der Waals surface area contributed by atoms with Gasteiger partial charge in [0.25, 0.3) is 0 Å². The van der Waals surface area contributed by atoms with Crippen molar-refractivity contribution in [3.05, 3.63) is 11.8 Å². The first-order valence-corrected chi connectivity index (χ1v) is 4.07. The Morgan fingerprint density at radius 1 is 1.62 bits per heavy atom. The van der Waals surface area contributed by atoms with Crippen LogP contribution in [0.2, 0.25) is 0 Å². The second-order valence-corrected chi connectivity index (χ2v) is 4.00. The Hall–Kier alpha value is -1.39. The number of rotatable bonds is 2. The van der Waals surface area contributed by atoms with Gasteiger partial charge in [-0.25, -0.2) is 4.79 Å². The van der Waals surface area contributed by atoms with E-state index in [-0.39, 0.29) is 17.2 Å². The number of hydrogen-bond donors (Lipinski definition) is 1. The van der Waals surface area contributed by atoms with Crippen LogP contribution < -0.4 is 0 Å². The lowest BCUT2D eigenvalue weighted by molar-refractivity contribution is 0.0651. The molecule has 0 aromatic carbocycles. The largest absolute Gasteiger partial charge is 0.474 e. The molecule has 1 saturated carbocycles. The van der Waals surface area contributed by atoms with Crippen LogP contribution in [0.3, 0.4) is 0 Å². The molecule has 0 radical (unpaired) electrons. The second kappa shape index (κ2) is 2.31. The fraction of sp³-hybridized carbons (Fsp3) is 0.625. The molecular formula is C8H10N2O3. The van der Waals surface area contributed by atoms with E-state index >= 15 is 0 Å². The van der Waals surface area contributed by atoms with Gasteiger partial charge in [-0.1, -0.05) is 13.8 Å². The summed E-state index contributed by atoms with van der Waals surface area (Å²) in [5.74, 6) is -0.814. The molecule has 70 valence electrons. The molecule has 5 nitrogen and oxygen atoms in total. The topological polar surface area (TPSA) is 76.2 Å². The number of hydrogen-bond acceptors (Lipinski definition) is 4. The van der Waals surface area contributed by atoms with E-state index in [1.165, 1.54) is 0 Å². The lowest BCUT2D eigenvalue weighted by Crippen LogP contribution is -1.95. The molecule has 0 spiro atoms. The van der Waals surface area contributed by atoms with Gasteiger partial charge in [-0.15, -0.1) is 10.2 Å². The molecule has 1 aliphatic rings. The summed E-state index contributed by atoms with van der Waals surface area (Å²) in [6.07, 6.45) is 0.980. The minimum atomic E-state index is -1.17. The average Bonchev–Trinajstić information content (AvgIpc) is 2.50. The molecule has 1 heterocycles. The standard InChI is InChI=1S/C8H10N2O3/c1-8(2)3-4(8)5-9-10-6(13-5)7(11)12/h4H,3H2,1-2H3,(H,11,12). The van der Waals surface area contributed by atoms with E-state index in [0.717, 1.165) is 6.42 Å². The normalized spacial score (nSPS) is 24.3. The Kier molecular flexibility index (Phi) is 1.46. The Balaban J connectivity index is 2.20. The van der Waals surface area contributed by atoms with Crippen LogP contribution in [0.5, 0.6) is 0 Å². The molecule has 0 aliphatic heterocycles. The van der Waals surface area contributed by atoms with Gasteiger partial charge in [0.05, 0.1) is 0 Å². The van der Waals surface area contributed by atoms with E-state index in [4.69, 9.17) is 9.52 Å². The second-order valence-electron chi connectivity index (χ2n) is 4.00. The van der Waals surface area contributed by atoms with Gasteiger partial charge in [0.15, 0.2) is 0 Å². The van der Waals surface area contributed by atoms with Crippen molar-refractivity contribution in [2.75, 3.05) is 0 Å². The predicted molar refractivity (Wildman–Crippen MR) is 42.4 cm³/mol. The monoisotopic (exact) mass is 182 g/mol. The molecule has 1 unspecified atom stereocenters. The molecule has 1 aromatic rings. The van der Waals surface area contributed by atoms with Crippen LogP contribution in [-0.2, 0) is 0 Å². The van der Waals surface area contributed by atoms with Gasteiger partial charge in [-0.3, -0.25) is 0 Å². The maximum Gasteiger partial charge on any atom is 0.393 e. The molecule has 2 rings (SSSR count). The highest BCUT2D eigenvalue weighted by Crippen LogP contribution is 2.57. The summed E-state index contributed by atoms with van der Waals surface area (Å²) in [5.41, 5.74) is 0.183. The first-order chi connectivity index (χ1) is 6.00. The van der Waals surface area contributed by atoms with E-state index in [9.17, 15) is 4.79 Å². The average molecular weight is 182 g/mol. The first-order valence-electron chi connectivity index (χ1n) is 4.07. The van der Waals surface area contributed by atoms with Crippen LogP contribution >= 0.6 is 0 Å². The predicted octanol–water partition coefficient (Wildman–Crippen LogP) is 1.28. The highest BCUT2D eigenvalue weighted by Gasteiger charge is 2.50. The third kappa shape index (κ3) is 1.30. The zero-order valence-electron chi connectivity index (χ0n) is 7.44. The summed E-state index contributed by atoms with van der Waals surface area (Å²) in [5, 5.41) is 15.7. The van der Waals surface area contributed by atoms with Crippen molar-refractivity contribution in [2.24, 2.45) is 5.41 Å². The molecule has 0 amide bonds. The minimum absolute atomic E-state index is 0.183. The lowest BCUT2D eigenvalue weighted by Gasteiger charge is -1.95. The maximum atomic E-state index is 10.4. The Morgan fingerprint density at radius 3 is 2.62 bits per heavy atom. The van der Waals surface area contributed by atoms with Crippen LogP contribution in [0.1, 0.15) is 42.8 Å². The number of aromatic carboxylic acids is 1. The summed E-state index contributed by atoms with van der Waals surface area (Å²) in [4.78, 5) is 10.4. The number of aromatic nitrogens is 2. The van der Waals surface area contributed by atoms with Crippen molar-refractivity contribution < 1.29 is 14.3 Å². The lowest BCUT2D eigenvalue weighted by atomic mass is 10.1. The van der Waals surface area contributed by atoms with Gasteiger partial charge in [0, 0.05) is 5.92 Å². The van der Waals surface area contributed by atoms with E-state index in [1.54, 1.807) is 0 Å². The Labute approximate surface area is 74.8 Å². The zero-order valence-corrected chi connectivity index (χ0v) is 7.44. The van der Waals surface area contributed by atoms with Gasteiger partial charge < -0.3 is 9.52 Å². The smallest absolute Gasteiger partial charge is 0.393 e. The van der Waals surface area contributed by atoms with Crippen molar-refractivity contribution in [1.82, 2.24) is 10.2 Å². The maximum absolute atomic E-state index is 10.4. The highest BCUT2D eigenvalue weighted by atomic mass is 16.4. The number of nitrogens with zero attached hydrogens (tertiary/aromatic N) is 2. The van der Waals surface area contributed by atoms with E-state index in [2.05, 4.69) is 24.0 Å². The molecule has 13 heavy (non-hydrogen) atoms. The number of carbonyl (C=O) groups is 1. The minimum Gasteiger partial charge on any atom is -0.474 e. The van der Waals surface area contributed by atoms with E-state index < -0.39 is 5.97 Å². The van der Waals surface area contributed by atoms with Crippen molar-refractivity contribution in [1.29, 1.82) is 0 Å². The molecule has 1 fully saturated rings.